The van der Waals surface area contributed by atoms with Crippen molar-refractivity contribution in [1.29, 1.82) is 0 Å². The first-order chi connectivity index (χ1) is 9.83. The predicted molar refractivity (Wildman–Crippen MR) is 88.3 cm³/mol. The molecule has 0 radical (unpaired) electrons. The van der Waals surface area contributed by atoms with Crippen LogP contribution in [0.4, 0.5) is 0 Å². The molecule has 1 aliphatic rings. The lowest BCUT2D eigenvalue weighted by molar-refractivity contribution is 0.249. The first-order valence-corrected chi connectivity index (χ1v) is 9.62. The van der Waals surface area contributed by atoms with Gasteiger partial charge in [0.2, 0.25) is 10.0 Å². The molecule has 118 valence electrons. The van der Waals surface area contributed by atoms with Crippen LogP contribution in [0.3, 0.4) is 0 Å². The number of rotatable bonds is 4. The smallest absolute Gasteiger partial charge is 0.241 e. The second-order valence-electron chi connectivity index (χ2n) is 6.09. The minimum Gasteiger partial charge on any atom is -0.326 e. The number of hydrogen-bond donors (Lipinski definition) is 2. The van der Waals surface area contributed by atoms with E-state index in [2.05, 4.69) is 34.5 Å². The van der Waals surface area contributed by atoms with Crippen molar-refractivity contribution < 1.29 is 8.42 Å². The van der Waals surface area contributed by atoms with Gasteiger partial charge in [0.25, 0.3) is 0 Å². The largest absolute Gasteiger partial charge is 0.326 e. The lowest BCUT2D eigenvalue weighted by Crippen LogP contribution is -2.42. The van der Waals surface area contributed by atoms with E-state index in [-0.39, 0.29) is 10.9 Å². The molecule has 1 saturated carbocycles. The molecule has 6 heteroatoms. The van der Waals surface area contributed by atoms with Gasteiger partial charge in [-0.2, -0.15) is 0 Å². The fourth-order valence-corrected chi connectivity index (χ4v) is 5.38. The molecule has 1 fully saturated rings. The Labute approximate surface area is 135 Å². The Morgan fingerprint density at radius 3 is 2.67 bits per heavy atom. The van der Waals surface area contributed by atoms with E-state index in [9.17, 15) is 8.42 Å². The van der Waals surface area contributed by atoms with Crippen LogP contribution in [0.5, 0.6) is 0 Å². The van der Waals surface area contributed by atoms with Gasteiger partial charge in [-0.3, -0.25) is 0 Å². The Morgan fingerprint density at radius 1 is 1.33 bits per heavy atom. The number of sulfonamides is 1. The van der Waals surface area contributed by atoms with E-state index in [1.807, 2.05) is 6.07 Å². The molecular formula is C15H23BrN2O2S. The fraction of sp³-hybridized carbons (Fsp3) is 0.600. The number of benzene rings is 1. The summed E-state index contributed by atoms with van der Waals surface area (Å²) in [5, 5.41) is 0. The van der Waals surface area contributed by atoms with Crippen molar-refractivity contribution in [3.8, 4) is 0 Å². The maximum absolute atomic E-state index is 12.6. The van der Waals surface area contributed by atoms with Gasteiger partial charge in [-0.15, -0.1) is 0 Å². The molecular weight excluding hydrogens is 352 g/mol. The molecule has 0 aromatic heterocycles. The first-order valence-electron chi connectivity index (χ1n) is 7.34. The van der Waals surface area contributed by atoms with Gasteiger partial charge in [-0.05, 0) is 64.7 Å². The molecule has 0 saturated heterocycles. The highest BCUT2D eigenvalue weighted by Gasteiger charge is 2.30. The lowest BCUT2D eigenvalue weighted by Gasteiger charge is -2.33. The van der Waals surface area contributed by atoms with E-state index < -0.39 is 10.0 Å². The zero-order valence-electron chi connectivity index (χ0n) is 12.5. The summed E-state index contributed by atoms with van der Waals surface area (Å²) < 4.78 is 28.7. The van der Waals surface area contributed by atoms with Crippen LogP contribution in [-0.2, 0) is 16.6 Å². The van der Waals surface area contributed by atoms with E-state index in [1.54, 1.807) is 12.1 Å². The molecule has 1 aromatic rings. The number of nitrogens with one attached hydrogen (secondary N) is 1. The molecule has 0 aliphatic heterocycles. The molecule has 21 heavy (non-hydrogen) atoms. The monoisotopic (exact) mass is 374 g/mol. The lowest BCUT2D eigenvalue weighted by atomic mass is 9.80. The molecule has 3 N–H and O–H groups in total. The van der Waals surface area contributed by atoms with E-state index in [0.717, 1.165) is 24.8 Å². The van der Waals surface area contributed by atoms with E-state index in [4.69, 9.17) is 5.73 Å². The van der Waals surface area contributed by atoms with Gasteiger partial charge < -0.3 is 5.73 Å². The van der Waals surface area contributed by atoms with E-state index >= 15 is 0 Å². The van der Waals surface area contributed by atoms with Crippen molar-refractivity contribution in [1.82, 2.24) is 4.72 Å². The molecule has 4 nitrogen and oxygen atoms in total. The summed E-state index contributed by atoms with van der Waals surface area (Å²) in [7, 11) is -3.53. The maximum atomic E-state index is 12.6. The van der Waals surface area contributed by atoms with E-state index in [1.165, 1.54) is 0 Å². The molecule has 1 aromatic carbocycles. The normalized spacial score (nSPS) is 26.8. The average molecular weight is 375 g/mol. The average Bonchev–Trinajstić information content (AvgIpc) is 2.42. The maximum Gasteiger partial charge on any atom is 0.241 e. The molecule has 0 amide bonds. The summed E-state index contributed by atoms with van der Waals surface area (Å²) in [6, 6.07) is 5.22. The van der Waals surface area contributed by atoms with Crippen LogP contribution in [0, 0.1) is 11.8 Å². The van der Waals surface area contributed by atoms with Crippen LogP contribution < -0.4 is 10.5 Å². The van der Waals surface area contributed by atoms with Gasteiger partial charge in [-0.1, -0.05) is 19.9 Å². The van der Waals surface area contributed by atoms with Crippen LogP contribution >= 0.6 is 15.9 Å². The third-order valence-electron chi connectivity index (χ3n) is 4.26. The molecule has 0 spiro atoms. The molecule has 0 heterocycles. The van der Waals surface area contributed by atoms with Gasteiger partial charge >= 0.3 is 0 Å². The van der Waals surface area contributed by atoms with Crippen molar-refractivity contribution in [2.75, 3.05) is 0 Å². The van der Waals surface area contributed by atoms with Gasteiger partial charge in [0.15, 0.2) is 0 Å². The third kappa shape index (κ3) is 4.06. The molecule has 2 rings (SSSR count). The predicted octanol–water partition coefficient (Wildman–Crippen LogP) is 3.01. The van der Waals surface area contributed by atoms with Gasteiger partial charge in [0.1, 0.15) is 0 Å². The van der Waals surface area contributed by atoms with Crippen molar-refractivity contribution >= 4 is 26.0 Å². The highest BCUT2D eigenvalue weighted by atomic mass is 79.9. The van der Waals surface area contributed by atoms with Crippen molar-refractivity contribution in [3.63, 3.8) is 0 Å². The summed E-state index contributed by atoms with van der Waals surface area (Å²) in [5.74, 6) is 1.04. The summed E-state index contributed by atoms with van der Waals surface area (Å²) >= 11 is 3.32. The molecule has 0 bridgehead atoms. The van der Waals surface area contributed by atoms with Crippen molar-refractivity contribution in [2.45, 2.75) is 50.6 Å². The van der Waals surface area contributed by atoms with Gasteiger partial charge in [0.05, 0.1) is 4.90 Å². The summed E-state index contributed by atoms with van der Waals surface area (Å²) in [5.41, 5.74) is 6.41. The summed E-state index contributed by atoms with van der Waals surface area (Å²) in [6.07, 6.45) is 3.04. The number of nitrogens with two attached hydrogens (primary N) is 1. The quantitative estimate of drug-likeness (QED) is 0.850. The molecule has 3 unspecified atom stereocenters. The Bertz CT molecular complexity index is 604. The highest BCUT2D eigenvalue weighted by molar-refractivity contribution is 9.10. The summed E-state index contributed by atoms with van der Waals surface area (Å²) in [4.78, 5) is 0.274. The standard InChI is InChI=1S/C15H23BrN2O2S/c1-10-3-6-14(11(2)7-10)18-21(19,20)15-8-12(9-17)4-5-13(15)16/h4-5,8,10-11,14,18H,3,6-7,9,17H2,1-2H3. The second kappa shape index (κ2) is 6.77. The number of halogens is 1. The first kappa shape index (κ1) is 16.9. The second-order valence-corrected chi connectivity index (χ2v) is 8.63. The SMILES string of the molecule is CC1CCC(NS(=O)(=O)c2cc(CN)ccc2Br)C(C)C1. The summed E-state index contributed by atoms with van der Waals surface area (Å²) in [6.45, 7) is 4.67. The topological polar surface area (TPSA) is 72.2 Å². The van der Waals surface area contributed by atoms with Crippen LogP contribution in [0.2, 0.25) is 0 Å². The van der Waals surface area contributed by atoms with E-state index in [0.29, 0.717) is 22.9 Å². The number of hydrogen-bond acceptors (Lipinski definition) is 3. The minimum atomic E-state index is -3.53. The Kier molecular flexibility index (Phi) is 5.46. The van der Waals surface area contributed by atoms with Crippen LogP contribution in [0.25, 0.3) is 0 Å². The molecule has 3 atom stereocenters. The zero-order chi connectivity index (χ0) is 15.6. The van der Waals surface area contributed by atoms with Crippen LogP contribution in [0.15, 0.2) is 27.6 Å². The third-order valence-corrected chi connectivity index (χ3v) is 6.74. The van der Waals surface area contributed by atoms with Gasteiger partial charge in [-0.25, -0.2) is 13.1 Å². The van der Waals surface area contributed by atoms with Crippen LogP contribution in [0.1, 0.15) is 38.7 Å². The highest BCUT2D eigenvalue weighted by Crippen LogP contribution is 2.30. The Morgan fingerprint density at radius 2 is 2.05 bits per heavy atom. The minimum absolute atomic E-state index is 0.0135. The van der Waals surface area contributed by atoms with Crippen molar-refractivity contribution in [2.24, 2.45) is 17.6 Å². The Balaban J connectivity index is 2.22. The van der Waals surface area contributed by atoms with Crippen molar-refractivity contribution in [3.05, 3.63) is 28.2 Å². The zero-order valence-corrected chi connectivity index (χ0v) is 14.9. The van der Waals surface area contributed by atoms with Gasteiger partial charge in [0, 0.05) is 17.1 Å². The van der Waals surface area contributed by atoms with Crippen LogP contribution in [-0.4, -0.2) is 14.5 Å². The molecule has 1 aliphatic carbocycles. The Hall–Kier alpha value is -0.430. The fourth-order valence-electron chi connectivity index (χ4n) is 2.98.